The second-order valence-corrected chi connectivity index (χ2v) is 6.19. The van der Waals surface area contributed by atoms with Crippen LogP contribution in [0.4, 0.5) is 0 Å². The van der Waals surface area contributed by atoms with Gasteiger partial charge >= 0.3 is 0 Å². The molecule has 114 valence electrons. The van der Waals surface area contributed by atoms with Crippen molar-refractivity contribution in [3.8, 4) is 0 Å². The highest BCUT2D eigenvalue weighted by Gasteiger charge is 2.14. The number of aryl methyl sites for hydroxylation is 1. The summed E-state index contributed by atoms with van der Waals surface area (Å²) in [5.41, 5.74) is 2.57. The van der Waals surface area contributed by atoms with E-state index in [9.17, 15) is 0 Å². The molecule has 0 aromatic heterocycles. The first-order valence-electron chi connectivity index (χ1n) is 7.94. The van der Waals surface area contributed by atoms with Crippen molar-refractivity contribution in [2.75, 3.05) is 13.2 Å². The molecule has 0 heterocycles. The zero-order chi connectivity index (χ0) is 15.0. The molecule has 1 aromatic carbocycles. The normalized spacial score (nSPS) is 14.5. The molecule has 0 radical (unpaired) electrons. The molecule has 0 aliphatic rings. The van der Waals surface area contributed by atoms with Crippen LogP contribution in [-0.4, -0.2) is 19.2 Å². The second kappa shape index (κ2) is 9.15. The van der Waals surface area contributed by atoms with Crippen LogP contribution >= 0.6 is 0 Å². The average molecular weight is 277 g/mol. The van der Waals surface area contributed by atoms with Crippen molar-refractivity contribution in [1.29, 1.82) is 0 Å². The number of benzene rings is 1. The van der Waals surface area contributed by atoms with E-state index in [1.165, 1.54) is 24.0 Å². The number of hydrogen-bond donors (Lipinski definition) is 1. The fourth-order valence-electron chi connectivity index (χ4n) is 2.25. The predicted octanol–water partition coefficient (Wildman–Crippen LogP) is 4.49. The first-order valence-corrected chi connectivity index (χ1v) is 7.94. The summed E-state index contributed by atoms with van der Waals surface area (Å²) < 4.78 is 6.17. The van der Waals surface area contributed by atoms with Gasteiger partial charge in [0.15, 0.2) is 0 Å². The first kappa shape index (κ1) is 17.2. The fraction of sp³-hybridized carbons (Fsp3) is 0.667. The maximum Gasteiger partial charge on any atom is 0.0949 e. The van der Waals surface area contributed by atoms with Crippen molar-refractivity contribution in [3.05, 3.63) is 35.4 Å². The van der Waals surface area contributed by atoms with Crippen LogP contribution in [0.15, 0.2) is 24.3 Å². The molecule has 0 fully saturated rings. The van der Waals surface area contributed by atoms with Crippen LogP contribution < -0.4 is 5.32 Å². The molecule has 0 amide bonds. The molecule has 20 heavy (non-hydrogen) atoms. The van der Waals surface area contributed by atoms with Crippen molar-refractivity contribution in [2.45, 2.75) is 59.6 Å². The van der Waals surface area contributed by atoms with E-state index in [0.717, 1.165) is 13.2 Å². The van der Waals surface area contributed by atoms with Crippen LogP contribution in [0.5, 0.6) is 0 Å². The molecule has 0 aliphatic carbocycles. The Labute approximate surface area is 124 Å². The quantitative estimate of drug-likeness (QED) is 0.718. The average Bonchev–Trinajstić information content (AvgIpc) is 2.40. The van der Waals surface area contributed by atoms with Crippen LogP contribution in [0.2, 0.25) is 0 Å². The third-order valence-corrected chi connectivity index (χ3v) is 3.52. The van der Waals surface area contributed by atoms with E-state index < -0.39 is 0 Å². The Balaban J connectivity index is 2.62. The van der Waals surface area contributed by atoms with E-state index in [0.29, 0.717) is 12.0 Å². The summed E-state index contributed by atoms with van der Waals surface area (Å²) in [6.45, 7) is 12.7. The summed E-state index contributed by atoms with van der Waals surface area (Å²) in [6, 6.07) is 9.19. The number of hydrogen-bond acceptors (Lipinski definition) is 2. The van der Waals surface area contributed by atoms with Gasteiger partial charge < -0.3 is 10.1 Å². The highest BCUT2D eigenvalue weighted by atomic mass is 16.5. The van der Waals surface area contributed by atoms with E-state index in [1.54, 1.807) is 0 Å². The number of rotatable bonds is 9. The van der Waals surface area contributed by atoms with Gasteiger partial charge in [-0.05, 0) is 24.8 Å². The van der Waals surface area contributed by atoms with Gasteiger partial charge in [-0.1, -0.05) is 63.9 Å². The van der Waals surface area contributed by atoms with E-state index in [4.69, 9.17) is 4.74 Å². The fourth-order valence-corrected chi connectivity index (χ4v) is 2.25. The van der Waals surface area contributed by atoms with Gasteiger partial charge in [-0.2, -0.15) is 0 Å². The molecule has 0 spiro atoms. The Morgan fingerprint density at radius 2 is 1.75 bits per heavy atom. The summed E-state index contributed by atoms with van der Waals surface area (Å²) in [4.78, 5) is 0. The summed E-state index contributed by atoms with van der Waals surface area (Å²) >= 11 is 0. The monoisotopic (exact) mass is 277 g/mol. The molecule has 2 nitrogen and oxygen atoms in total. The summed E-state index contributed by atoms with van der Waals surface area (Å²) in [6.07, 6.45) is 2.61. The van der Waals surface area contributed by atoms with Crippen molar-refractivity contribution in [2.24, 2.45) is 5.92 Å². The lowest BCUT2D eigenvalue weighted by molar-refractivity contribution is 0.0289. The Hall–Kier alpha value is -0.860. The zero-order valence-electron chi connectivity index (χ0n) is 13.8. The van der Waals surface area contributed by atoms with E-state index in [1.807, 2.05) is 0 Å². The highest BCUT2D eigenvalue weighted by Crippen LogP contribution is 2.19. The number of ether oxygens (including phenoxy) is 1. The maximum absolute atomic E-state index is 6.17. The van der Waals surface area contributed by atoms with Crippen molar-refractivity contribution in [1.82, 2.24) is 5.32 Å². The molecule has 0 aliphatic heterocycles. The minimum absolute atomic E-state index is 0.150. The molecule has 2 atom stereocenters. The Morgan fingerprint density at radius 3 is 2.30 bits per heavy atom. The van der Waals surface area contributed by atoms with Gasteiger partial charge in [-0.3, -0.25) is 0 Å². The standard InChI is InChI=1S/C18H31NO/c1-6-7-16(5)13-20-18(12-19-14(2)3)17-10-8-15(4)9-11-17/h8-11,14,16,18-19H,6-7,12-13H2,1-5H3. The Bertz CT molecular complexity index is 358. The lowest BCUT2D eigenvalue weighted by Gasteiger charge is -2.22. The van der Waals surface area contributed by atoms with Crippen LogP contribution in [0.3, 0.4) is 0 Å². The van der Waals surface area contributed by atoms with E-state index in [-0.39, 0.29) is 6.10 Å². The van der Waals surface area contributed by atoms with Crippen molar-refractivity contribution >= 4 is 0 Å². The molecule has 2 heteroatoms. The summed E-state index contributed by atoms with van der Waals surface area (Å²) in [5, 5.41) is 3.49. The first-order chi connectivity index (χ1) is 9.52. The largest absolute Gasteiger partial charge is 0.372 e. The lowest BCUT2D eigenvalue weighted by atomic mass is 10.1. The molecular weight excluding hydrogens is 246 g/mol. The topological polar surface area (TPSA) is 21.3 Å². The highest BCUT2D eigenvalue weighted by molar-refractivity contribution is 5.23. The summed E-state index contributed by atoms with van der Waals surface area (Å²) in [7, 11) is 0. The van der Waals surface area contributed by atoms with Crippen LogP contribution in [-0.2, 0) is 4.74 Å². The van der Waals surface area contributed by atoms with Gasteiger partial charge in [0, 0.05) is 12.6 Å². The third-order valence-electron chi connectivity index (χ3n) is 3.52. The molecule has 1 aromatic rings. The molecule has 0 saturated carbocycles. The molecule has 1 N–H and O–H groups in total. The SMILES string of the molecule is CCCC(C)COC(CNC(C)C)c1ccc(C)cc1. The lowest BCUT2D eigenvalue weighted by Crippen LogP contribution is -2.29. The van der Waals surface area contributed by atoms with Crippen molar-refractivity contribution < 1.29 is 4.74 Å². The molecule has 0 bridgehead atoms. The summed E-state index contributed by atoms with van der Waals surface area (Å²) in [5.74, 6) is 0.631. The van der Waals surface area contributed by atoms with Crippen LogP contribution in [0.25, 0.3) is 0 Å². The van der Waals surface area contributed by atoms with E-state index >= 15 is 0 Å². The third kappa shape index (κ3) is 6.53. The van der Waals surface area contributed by atoms with Gasteiger partial charge in [-0.25, -0.2) is 0 Å². The maximum atomic E-state index is 6.17. The Morgan fingerprint density at radius 1 is 1.10 bits per heavy atom. The van der Waals surface area contributed by atoms with Crippen molar-refractivity contribution in [3.63, 3.8) is 0 Å². The Kier molecular flexibility index (Phi) is 7.86. The molecule has 2 unspecified atom stereocenters. The van der Waals surface area contributed by atoms with Gasteiger partial charge in [-0.15, -0.1) is 0 Å². The predicted molar refractivity (Wildman–Crippen MR) is 87.1 cm³/mol. The smallest absolute Gasteiger partial charge is 0.0949 e. The van der Waals surface area contributed by atoms with Gasteiger partial charge in [0.2, 0.25) is 0 Å². The van der Waals surface area contributed by atoms with Gasteiger partial charge in [0.05, 0.1) is 12.7 Å². The minimum Gasteiger partial charge on any atom is -0.372 e. The molecule has 1 rings (SSSR count). The zero-order valence-corrected chi connectivity index (χ0v) is 13.8. The van der Waals surface area contributed by atoms with E-state index in [2.05, 4.69) is 64.2 Å². The van der Waals surface area contributed by atoms with Crippen LogP contribution in [0.1, 0.15) is 57.8 Å². The van der Waals surface area contributed by atoms with Gasteiger partial charge in [0.25, 0.3) is 0 Å². The second-order valence-electron chi connectivity index (χ2n) is 6.19. The van der Waals surface area contributed by atoms with Crippen LogP contribution in [0, 0.1) is 12.8 Å². The molecular formula is C18H31NO. The van der Waals surface area contributed by atoms with Gasteiger partial charge in [0.1, 0.15) is 0 Å². The number of nitrogens with one attached hydrogen (secondary N) is 1. The molecule has 0 saturated heterocycles. The minimum atomic E-state index is 0.150.